The average molecular weight is 188 g/mol. The standard InChI is InChI=1S/C12H16N2/c1-12(2,3)9-10-8-11-6-4-5-7-14(11)13-10/h4-8H,9H2,1-3H3. The predicted molar refractivity (Wildman–Crippen MR) is 58.4 cm³/mol. The van der Waals surface area contributed by atoms with Crippen LogP contribution in [0.3, 0.4) is 0 Å². The van der Waals surface area contributed by atoms with Crippen LogP contribution in [0.15, 0.2) is 30.5 Å². The molecule has 0 aliphatic carbocycles. The molecule has 2 heterocycles. The summed E-state index contributed by atoms with van der Waals surface area (Å²) in [4.78, 5) is 0. The highest BCUT2D eigenvalue weighted by Crippen LogP contribution is 2.20. The zero-order valence-electron chi connectivity index (χ0n) is 8.99. The highest BCUT2D eigenvalue weighted by molar-refractivity contribution is 5.47. The molecule has 0 N–H and O–H groups in total. The number of fused-ring (bicyclic) bond motifs is 1. The fourth-order valence-electron chi connectivity index (χ4n) is 1.62. The molecule has 0 aromatic carbocycles. The van der Waals surface area contributed by atoms with Gasteiger partial charge in [-0.25, -0.2) is 4.52 Å². The van der Waals surface area contributed by atoms with Crippen molar-refractivity contribution in [1.29, 1.82) is 0 Å². The molecule has 74 valence electrons. The van der Waals surface area contributed by atoms with Gasteiger partial charge >= 0.3 is 0 Å². The minimum atomic E-state index is 0.304. The van der Waals surface area contributed by atoms with E-state index in [1.54, 1.807) is 0 Å². The van der Waals surface area contributed by atoms with Gasteiger partial charge in [-0.1, -0.05) is 26.8 Å². The Morgan fingerprint density at radius 3 is 2.71 bits per heavy atom. The van der Waals surface area contributed by atoms with Crippen molar-refractivity contribution in [3.05, 3.63) is 36.2 Å². The van der Waals surface area contributed by atoms with Crippen LogP contribution in [-0.4, -0.2) is 9.61 Å². The first-order valence-electron chi connectivity index (χ1n) is 4.98. The van der Waals surface area contributed by atoms with Crippen LogP contribution in [-0.2, 0) is 6.42 Å². The molecule has 2 aromatic heterocycles. The highest BCUT2D eigenvalue weighted by Gasteiger charge is 2.13. The SMILES string of the molecule is CC(C)(C)Cc1cc2ccccn2n1. The molecular weight excluding hydrogens is 172 g/mol. The van der Waals surface area contributed by atoms with Crippen molar-refractivity contribution in [2.45, 2.75) is 27.2 Å². The average Bonchev–Trinajstić information content (AvgIpc) is 2.42. The highest BCUT2D eigenvalue weighted by atomic mass is 15.2. The summed E-state index contributed by atoms with van der Waals surface area (Å²) in [6.07, 6.45) is 3.01. The number of hydrogen-bond acceptors (Lipinski definition) is 1. The fraction of sp³-hybridized carbons (Fsp3) is 0.417. The minimum absolute atomic E-state index is 0.304. The normalized spacial score (nSPS) is 12.2. The minimum Gasteiger partial charge on any atom is -0.241 e. The van der Waals surface area contributed by atoms with Gasteiger partial charge in [0.05, 0.1) is 11.2 Å². The van der Waals surface area contributed by atoms with Crippen molar-refractivity contribution in [1.82, 2.24) is 9.61 Å². The van der Waals surface area contributed by atoms with Crippen LogP contribution in [0.1, 0.15) is 26.5 Å². The number of nitrogens with zero attached hydrogens (tertiary/aromatic N) is 2. The maximum atomic E-state index is 4.51. The van der Waals surface area contributed by atoms with Gasteiger partial charge in [0.2, 0.25) is 0 Å². The molecular formula is C12H16N2. The zero-order chi connectivity index (χ0) is 10.2. The lowest BCUT2D eigenvalue weighted by molar-refractivity contribution is 0.405. The van der Waals surface area contributed by atoms with Crippen LogP contribution >= 0.6 is 0 Å². The van der Waals surface area contributed by atoms with Gasteiger partial charge in [0.15, 0.2) is 0 Å². The number of pyridine rings is 1. The van der Waals surface area contributed by atoms with Crippen molar-refractivity contribution >= 4 is 5.52 Å². The second-order valence-corrected chi connectivity index (χ2v) is 4.94. The van der Waals surface area contributed by atoms with E-state index in [0.717, 1.165) is 6.42 Å². The van der Waals surface area contributed by atoms with Crippen molar-refractivity contribution in [2.75, 3.05) is 0 Å². The van der Waals surface area contributed by atoms with Gasteiger partial charge in [-0.15, -0.1) is 0 Å². The van der Waals surface area contributed by atoms with E-state index < -0.39 is 0 Å². The molecule has 0 amide bonds. The first-order chi connectivity index (χ1) is 6.54. The maximum absolute atomic E-state index is 4.51. The summed E-state index contributed by atoms with van der Waals surface area (Å²) >= 11 is 0. The summed E-state index contributed by atoms with van der Waals surface area (Å²) in [7, 11) is 0. The second kappa shape index (κ2) is 3.12. The summed E-state index contributed by atoms with van der Waals surface area (Å²) in [6, 6.07) is 8.28. The first kappa shape index (κ1) is 9.25. The Morgan fingerprint density at radius 2 is 2.07 bits per heavy atom. The summed E-state index contributed by atoms with van der Waals surface area (Å²) in [5, 5.41) is 4.51. The largest absolute Gasteiger partial charge is 0.241 e. The first-order valence-corrected chi connectivity index (χ1v) is 4.98. The Balaban J connectivity index is 2.36. The molecule has 2 rings (SSSR count). The summed E-state index contributed by atoms with van der Waals surface area (Å²) in [6.45, 7) is 6.70. The molecule has 0 radical (unpaired) electrons. The monoisotopic (exact) mass is 188 g/mol. The summed E-state index contributed by atoms with van der Waals surface area (Å²) in [5.41, 5.74) is 2.65. The molecule has 0 spiro atoms. The Hall–Kier alpha value is -1.31. The van der Waals surface area contributed by atoms with E-state index in [-0.39, 0.29) is 0 Å². The second-order valence-electron chi connectivity index (χ2n) is 4.94. The molecule has 0 saturated carbocycles. The molecule has 0 aliphatic rings. The van der Waals surface area contributed by atoms with E-state index in [9.17, 15) is 0 Å². The van der Waals surface area contributed by atoms with Crippen molar-refractivity contribution in [3.63, 3.8) is 0 Å². The molecule has 2 nitrogen and oxygen atoms in total. The van der Waals surface area contributed by atoms with E-state index >= 15 is 0 Å². The lowest BCUT2D eigenvalue weighted by Crippen LogP contribution is -2.09. The summed E-state index contributed by atoms with van der Waals surface area (Å²) in [5.74, 6) is 0. The molecule has 14 heavy (non-hydrogen) atoms. The van der Waals surface area contributed by atoms with Gasteiger partial charge in [-0.2, -0.15) is 5.10 Å². The molecule has 0 atom stereocenters. The Labute approximate surface area is 84.6 Å². The third kappa shape index (κ3) is 1.95. The molecule has 0 fully saturated rings. The Morgan fingerprint density at radius 1 is 1.29 bits per heavy atom. The van der Waals surface area contributed by atoms with Gasteiger partial charge in [0.25, 0.3) is 0 Å². The quantitative estimate of drug-likeness (QED) is 0.672. The van der Waals surface area contributed by atoms with Gasteiger partial charge in [0, 0.05) is 6.20 Å². The number of aromatic nitrogens is 2. The topological polar surface area (TPSA) is 17.3 Å². The van der Waals surface area contributed by atoms with Gasteiger partial charge in [-0.3, -0.25) is 0 Å². The third-order valence-electron chi connectivity index (χ3n) is 2.13. The number of hydrogen-bond donors (Lipinski definition) is 0. The van der Waals surface area contributed by atoms with Crippen LogP contribution in [0, 0.1) is 5.41 Å². The van der Waals surface area contributed by atoms with Gasteiger partial charge in [-0.05, 0) is 30.0 Å². The lowest BCUT2D eigenvalue weighted by atomic mass is 9.91. The third-order valence-corrected chi connectivity index (χ3v) is 2.13. The van der Waals surface area contributed by atoms with Crippen molar-refractivity contribution in [3.8, 4) is 0 Å². The van der Waals surface area contributed by atoms with Crippen molar-refractivity contribution < 1.29 is 0 Å². The van der Waals surface area contributed by atoms with Crippen LogP contribution in [0.4, 0.5) is 0 Å². The zero-order valence-corrected chi connectivity index (χ0v) is 8.99. The van der Waals surface area contributed by atoms with Gasteiger partial charge in [0.1, 0.15) is 0 Å². The summed E-state index contributed by atoms with van der Waals surface area (Å²) < 4.78 is 1.93. The smallest absolute Gasteiger partial charge is 0.0664 e. The van der Waals surface area contributed by atoms with E-state index in [0.29, 0.717) is 5.41 Å². The van der Waals surface area contributed by atoms with E-state index in [1.807, 2.05) is 22.8 Å². The maximum Gasteiger partial charge on any atom is 0.0664 e. The molecule has 2 aromatic rings. The molecule has 0 bridgehead atoms. The van der Waals surface area contributed by atoms with E-state index in [4.69, 9.17) is 0 Å². The van der Waals surface area contributed by atoms with Crippen LogP contribution in [0.25, 0.3) is 5.52 Å². The lowest BCUT2D eigenvalue weighted by Gasteiger charge is -2.15. The molecule has 0 saturated heterocycles. The van der Waals surface area contributed by atoms with Crippen molar-refractivity contribution in [2.24, 2.45) is 5.41 Å². The van der Waals surface area contributed by atoms with E-state index in [2.05, 4.69) is 38.0 Å². The van der Waals surface area contributed by atoms with Crippen LogP contribution < -0.4 is 0 Å². The van der Waals surface area contributed by atoms with Gasteiger partial charge < -0.3 is 0 Å². The van der Waals surface area contributed by atoms with Crippen LogP contribution in [0.2, 0.25) is 0 Å². The van der Waals surface area contributed by atoms with Crippen LogP contribution in [0.5, 0.6) is 0 Å². The van der Waals surface area contributed by atoms with E-state index in [1.165, 1.54) is 11.2 Å². The Kier molecular flexibility index (Phi) is 2.06. The molecule has 2 heteroatoms. The Bertz CT molecular complexity index is 402. The fourth-order valence-corrected chi connectivity index (χ4v) is 1.62. The predicted octanol–water partition coefficient (Wildman–Crippen LogP) is 2.92. The number of rotatable bonds is 1. The molecule has 0 aliphatic heterocycles. The molecule has 0 unspecified atom stereocenters.